The molecule has 6 rings (SSSR count). The van der Waals surface area contributed by atoms with Gasteiger partial charge in [0, 0.05) is 37.8 Å². The first-order chi connectivity index (χ1) is 19.5. The molecular formula is C29H30O11. The third-order valence-corrected chi connectivity index (χ3v) is 7.54. The first kappa shape index (κ1) is 26.5. The van der Waals surface area contributed by atoms with Crippen LogP contribution in [0.5, 0.6) is 28.7 Å². The molecule has 11 heteroatoms. The number of hydrogen-bond acceptors (Lipinski definition) is 11. The fourth-order valence-corrected chi connectivity index (χ4v) is 5.59. The van der Waals surface area contributed by atoms with E-state index in [9.17, 15) is 4.79 Å². The van der Waals surface area contributed by atoms with Crippen LogP contribution in [0.4, 0.5) is 0 Å². The summed E-state index contributed by atoms with van der Waals surface area (Å²) in [6.07, 6.45) is -2.29. The molecule has 0 spiro atoms. The number of esters is 1. The molecule has 0 saturated carbocycles. The van der Waals surface area contributed by atoms with Gasteiger partial charge in [0.15, 0.2) is 23.0 Å². The molecule has 3 aromatic rings. The predicted molar refractivity (Wildman–Crippen MR) is 140 cm³/mol. The molecule has 3 aliphatic heterocycles. The van der Waals surface area contributed by atoms with Crippen molar-refractivity contribution in [3.8, 4) is 39.9 Å². The SMILES string of the molecule is COc1cc2c(O[C@@H]3OC[C@H](OC)[C@H](OC)[C@H]3OC)c3c(c(-c4ccc5c(c4)OCO5)c2cc1OC)C(=O)OC3. The second-order valence-electron chi connectivity index (χ2n) is 9.45. The lowest BCUT2D eigenvalue weighted by Gasteiger charge is -2.40. The van der Waals surface area contributed by atoms with E-state index >= 15 is 0 Å². The van der Waals surface area contributed by atoms with Crippen LogP contribution in [0, 0.1) is 0 Å². The Labute approximate surface area is 230 Å². The summed E-state index contributed by atoms with van der Waals surface area (Å²) in [4.78, 5) is 13.3. The zero-order chi connectivity index (χ0) is 28.0. The summed E-state index contributed by atoms with van der Waals surface area (Å²) in [6.45, 7) is 0.373. The Bertz CT molecular complexity index is 1450. The lowest BCUT2D eigenvalue weighted by molar-refractivity contribution is -0.258. The summed E-state index contributed by atoms with van der Waals surface area (Å²) < 4.78 is 57.6. The highest BCUT2D eigenvalue weighted by Crippen LogP contribution is 2.49. The van der Waals surface area contributed by atoms with Crippen LogP contribution in [0.3, 0.4) is 0 Å². The van der Waals surface area contributed by atoms with Crippen LogP contribution < -0.4 is 23.7 Å². The molecule has 212 valence electrons. The van der Waals surface area contributed by atoms with E-state index in [1.165, 1.54) is 0 Å². The Balaban J connectivity index is 1.57. The van der Waals surface area contributed by atoms with Crippen LogP contribution in [0.2, 0.25) is 0 Å². The molecule has 0 aromatic heterocycles. The van der Waals surface area contributed by atoms with Crippen LogP contribution in [0.1, 0.15) is 15.9 Å². The molecule has 1 fully saturated rings. The van der Waals surface area contributed by atoms with E-state index in [2.05, 4.69) is 0 Å². The van der Waals surface area contributed by atoms with Crippen molar-refractivity contribution in [1.29, 1.82) is 0 Å². The van der Waals surface area contributed by atoms with Crippen molar-refractivity contribution in [3.63, 3.8) is 0 Å². The van der Waals surface area contributed by atoms with E-state index in [1.807, 2.05) is 30.3 Å². The van der Waals surface area contributed by atoms with E-state index in [0.717, 1.165) is 5.56 Å². The van der Waals surface area contributed by atoms with Crippen molar-refractivity contribution in [1.82, 2.24) is 0 Å². The number of fused-ring (bicyclic) bond motifs is 3. The normalized spacial score (nSPS) is 23.2. The Morgan fingerprint density at radius 1 is 0.775 bits per heavy atom. The summed E-state index contributed by atoms with van der Waals surface area (Å²) in [7, 11) is 7.84. The van der Waals surface area contributed by atoms with Gasteiger partial charge in [-0.05, 0) is 35.2 Å². The molecule has 1 saturated heterocycles. The largest absolute Gasteiger partial charge is 0.493 e. The maximum absolute atomic E-state index is 13.3. The van der Waals surface area contributed by atoms with Crippen molar-refractivity contribution < 1.29 is 52.2 Å². The fraction of sp³-hybridized carbons (Fsp3) is 0.414. The standard InChI is InChI=1S/C29H30O11/c1-31-19-9-15-16(10-20(19)32-2)25(40-29-27(35-5)26(34-4)22(33-3)12-37-29)17-11-36-28(30)24(17)23(15)14-6-7-18-21(8-14)39-13-38-18/h6-10,22,26-27,29H,11-13H2,1-5H3/t22-,26-,27+,29-/m0/s1. The summed E-state index contributed by atoms with van der Waals surface area (Å²) in [6, 6.07) is 9.18. The van der Waals surface area contributed by atoms with Gasteiger partial charge in [-0.2, -0.15) is 0 Å². The average molecular weight is 555 g/mol. The Kier molecular flexibility index (Phi) is 7.05. The zero-order valence-electron chi connectivity index (χ0n) is 22.8. The van der Waals surface area contributed by atoms with E-state index in [4.69, 9.17) is 47.4 Å². The second kappa shape index (κ2) is 10.7. The maximum Gasteiger partial charge on any atom is 0.339 e. The van der Waals surface area contributed by atoms with Crippen LogP contribution in [-0.4, -0.2) is 79.5 Å². The van der Waals surface area contributed by atoms with Crippen LogP contribution in [-0.2, 0) is 30.3 Å². The molecule has 3 aromatic carbocycles. The van der Waals surface area contributed by atoms with Gasteiger partial charge in [0.05, 0.1) is 26.4 Å². The minimum Gasteiger partial charge on any atom is -0.493 e. The van der Waals surface area contributed by atoms with Gasteiger partial charge in [-0.25, -0.2) is 4.79 Å². The number of carbonyl (C=O) groups is 1. The third-order valence-electron chi connectivity index (χ3n) is 7.54. The molecule has 3 heterocycles. The summed E-state index contributed by atoms with van der Waals surface area (Å²) >= 11 is 0. The molecule has 0 N–H and O–H groups in total. The van der Waals surface area contributed by atoms with Crippen molar-refractivity contribution in [2.75, 3.05) is 48.9 Å². The number of carbonyl (C=O) groups excluding carboxylic acids is 1. The number of ether oxygens (including phenoxy) is 10. The van der Waals surface area contributed by atoms with Gasteiger partial charge in [-0.15, -0.1) is 0 Å². The average Bonchev–Trinajstić information content (AvgIpc) is 3.62. The molecule has 4 atom stereocenters. The van der Waals surface area contributed by atoms with Gasteiger partial charge in [-0.1, -0.05) is 6.07 Å². The van der Waals surface area contributed by atoms with Gasteiger partial charge < -0.3 is 47.4 Å². The summed E-state index contributed by atoms with van der Waals surface area (Å²) in [5.41, 5.74) is 2.37. The molecule has 0 bridgehead atoms. The predicted octanol–water partition coefficient (Wildman–Crippen LogP) is 3.70. The Morgan fingerprint density at radius 2 is 1.50 bits per heavy atom. The highest BCUT2D eigenvalue weighted by Gasteiger charge is 2.44. The summed E-state index contributed by atoms with van der Waals surface area (Å²) in [5, 5.41) is 1.36. The molecule has 3 aliphatic rings. The first-order valence-corrected chi connectivity index (χ1v) is 12.7. The zero-order valence-corrected chi connectivity index (χ0v) is 22.8. The third kappa shape index (κ3) is 4.17. The molecular weight excluding hydrogens is 524 g/mol. The first-order valence-electron chi connectivity index (χ1n) is 12.7. The summed E-state index contributed by atoms with van der Waals surface area (Å²) in [5.74, 6) is 2.14. The van der Waals surface area contributed by atoms with E-state index in [0.29, 0.717) is 56.2 Å². The number of benzene rings is 3. The number of methoxy groups -OCH3 is 5. The van der Waals surface area contributed by atoms with Gasteiger partial charge in [0.2, 0.25) is 13.1 Å². The molecule has 0 amide bonds. The number of hydrogen-bond donors (Lipinski definition) is 0. The van der Waals surface area contributed by atoms with Crippen LogP contribution >= 0.6 is 0 Å². The molecule has 0 aliphatic carbocycles. The smallest absolute Gasteiger partial charge is 0.339 e. The number of rotatable bonds is 8. The molecule has 11 nitrogen and oxygen atoms in total. The quantitative estimate of drug-likeness (QED) is 0.380. The van der Waals surface area contributed by atoms with Gasteiger partial charge in [0.1, 0.15) is 30.7 Å². The van der Waals surface area contributed by atoms with E-state index < -0.39 is 24.5 Å². The Morgan fingerprint density at radius 3 is 2.20 bits per heavy atom. The minimum absolute atomic E-state index is 0.0180. The van der Waals surface area contributed by atoms with E-state index in [1.54, 1.807) is 35.5 Å². The van der Waals surface area contributed by atoms with Gasteiger partial charge in [-0.3, -0.25) is 0 Å². The number of cyclic esters (lactones) is 1. The monoisotopic (exact) mass is 554 g/mol. The lowest BCUT2D eigenvalue weighted by Crippen LogP contribution is -2.57. The Hall–Kier alpha value is -3.77. The minimum atomic E-state index is -0.867. The highest BCUT2D eigenvalue weighted by molar-refractivity contribution is 6.14. The lowest BCUT2D eigenvalue weighted by atomic mass is 9.89. The maximum atomic E-state index is 13.3. The van der Waals surface area contributed by atoms with Crippen LogP contribution in [0.25, 0.3) is 21.9 Å². The van der Waals surface area contributed by atoms with Gasteiger partial charge in [0.25, 0.3) is 0 Å². The van der Waals surface area contributed by atoms with Crippen molar-refractivity contribution >= 4 is 16.7 Å². The van der Waals surface area contributed by atoms with Crippen molar-refractivity contribution in [2.45, 2.75) is 31.2 Å². The second-order valence-corrected chi connectivity index (χ2v) is 9.45. The molecule has 0 unspecified atom stereocenters. The van der Waals surface area contributed by atoms with Crippen LogP contribution in [0.15, 0.2) is 30.3 Å². The van der Waals surface area contributed by atoms with E-state index in [-0.39, 0.29) is 26.1 Å². The van der Waals surface area contributed by atoms with Crippen molar-refractivity contribution in [2.24, 2.45) is 0 Å². The molecule has 0 radical (unpaired) electrons. The fourth-order valence-electron chi connectivity index (χ4n) is 5.59. The van der Waals surface area contributed by atoms with Gasteiger partial charge >= 0.3 is 5.97 Å². The highest BCUT2D eigenvalue weighted by atomic mass is 16.7. The molecule has 40 heavy (non-hydrogen) atoms. The topological polar surface area (TPSA) is 109 Å². The van der Waals surface area contributed by atoms with Crippen molar-refractivity contribution in [3.05, 3.63) is 41.5 Å².